The lowest BCUT2D eigenvalue weighted by atomic mass is 10.2. The fourth-order valence-corrected chi connectivity index (χ4v) is 2.26. The van der Waals surface area contributed by atoms with Gasteiger partial charge < -0.3 is 11.1 Å². The van der Waals surface area contributed by atoms with Crippen molar-refractivity contribution in [2.24, 2.45) is 0 Å². The molecule has 4 nitrogen and oxygen atoms in total. The topological polar surface area (TPSA) is 68.0 Å². The van der Waals surface area contributed by atoms with Crippen LogP contribution in [0.15, 0.2) is 28.1 Å². The van der Waals surface area contributed by atoms with Crippen molar-refractivity contribution in [3.05, 3.63) is 39.3 Å². The van der Waals surface area contributed by atoms with Gasteiger partial charge in [-0.05, 0) is 34.1 Å². The summed E-state index contributed by atoms with van der Waals surface area (Å²) in [7, 11) is 0. The molecule has 0 saturated heterocycles. The molecule has 0 aliphatic rings. The van der Waals surface area contributed by atoms with Crippen molar-refractivity contribution in [1.29, 1.82) is 0 Å². The van der Waals surface area contributed by atoms with E-state index in [1.807, 2.05) is 0 Å². The zero-order valence-corrected chi connectivity index (χ0v) is 12.1. The number of carbonyl (C=O) groups excluding carboxylic acids is 1. The number of thiazole rings is 1. The monoisotopic (exact) mass is 365 g/mol. The van der Waals surface area contributed by atoms with Crippen LogP contribution in [0.25, 0.3) is 0 Å². The summed E-state index contributed by atoms with van der Waals surface area (Å²) >= 11 is 4.15. The molecule has 1 aromatic heterocycles. The summed E-state index contributed by atoms with van der Waals surface area (Å²) in [5, 5.41) is 3.98. The van der Waals surface area contributed by atoms with Crippen molar-refractivity contribution in [3.63, 3.8) is 0 Å². The zero-order valence-electron chi connectivity index (χ0n) is 9.66. The van der Waals surface area contributed by atoms with Gasteiger partial charge >= 0.3 is 6.18 Å². The summed E-state index contributed by atoms with van der Waals surface area (Å²) in [6.07, 6.45) is -4.48. The van der Waals surface area contributed by atoms with Crippen LogP contribution in [0.4, 0.5) is 24.0 Å². The van der Waals surface area contributed by atoms with Crippen LogP contribution < -0.4 is 11.1 Å². The SMILES string of the molecule is Nc1nc(C(=O)Nc2cc(C(F)(F)F)ccc2Br)cs1. The molecule has 1 heterocycles. The van der Waals surface area contributed by atoms with E-state index in [-0.39, 0.29) is 16.5 Å². The standard InChI is InChI=1S/C11H7BrF3N3OS/c12-6-2-1-5(11(13,14)15)3-7(6)17-9(19)8-4-20-10(16)18-8/h1-4H,(H2,16,18)(H,17,19). The smallest absolute Gasteiger partial charge is 0.375 e. The summed E-state index contributed by atoms with van der Waals surface area (Å²) < 4.78 is 38.2. The fourth-order valence-electron chi connectivity index (χ4n) is 1.38. The number of alkyl halides is 3. The van der Waals surface area contributed by atoms with E-state index in [1.165, 1.54) is 11.4 Å². The first kappa shape index (κ1) is 14.8. The van der Waals surface area contributed by atoms with Gasteiger partial charge in [0.1, 0.15) is 5.69 Å². The Morgan fingerprint density at radius 1 is 1.40 bits per heavy atom. The second-order valence-electron chi connectivity index (χ2n) is 3.72. The Labute approximate surface area is 123 Å². The molecule has 3 N–H and O–H groups in total. The maximum absolute atomic E-state index is 12.6. The van der Waals surface area contributed by atoms with Gasteiger partial charge in [-0.25, -0.2) is 4.98 Å². The van der Waals surface area contributed by atoms with Crippen molar-refractivity contribution >= 4 is 44.0 Å². The molecule has 0 atom stereocenters. The third-order valence-electron chi connectivity index (χ3n) is 2.30. The van der Waals surface area contributed by atoms with E-state index in [9.17, 15) is 18.0 Å². The highest BCUT2D eigenvalue weighted by Crippen LogP contribution is 2.34. The lowest BCUT2D eigenvalue weighted by Crippen LogP contribution is -2.14. The van der Waals surface area contributed by atoms with Gasteiger partial charge in [-0.2, -0.15) is 13.2 Å². The molecule has 1 amide bonds. The molecule has 0 unspecified atom stereocenters. The molecule has 0 spiro atoms. The van der Waals surface area contributed by atoms with Crippen molar-refractivity contribution in [2.45, 2.75) is 6.18 Å². The van der Waals surface area contributed by atoms with Crippen LogP contribution in [0, 0.1) is 0 Å². The summed E-state index contributed by atoms with van der Waals surface area (Å²) in [4.78, 5) is 15.6. The van der Waals surface area contributed by atoms with E-state index in [2.05, 4.69) is 26.2 Å². The Morgan fingerprint density at radius 3 is 2.65 bits per heavy atom. The Morgan fingerprint density at radius 2 is 2.10 bits per heavy atom. The highest BCUT2D eigenvalue weighted by molar-refractivity contribution is 9.10. The Kier molecular flexibility index (Phi) is 4.00. The molecule has 20 heavy (non-hydrogen) atoms. The molecule has 0 bridgehead atoms. The number of nitrogen functional groups attached to an aromatic ring is 1. The number of hydrogen-bond acceptors (Lipinski definition) is 4. The van der Waals surface area contributed by atoms with Crippen molar-refractivity contribution in [1.82, 2.24) is 4.98 Å². The first-order valence-electron chi connectivity index (χ1n) is 5.16. The number of rotatable bonds is 2. The molecule has 106 valence electrons. The van der Waals surface area contributed by atoms with Gasteiger partial charge in [0.15, 0.2) is 5.13 Å². The van der Waals surface area contributed by atoms with Crippen LogP contribution in [0.1, 0.15) is 16.1 Å². The Bertz CT molecular complexity index is 657. The number of benzene rings is 1. The second-order valence-corrected chi connectivity index (χ2v) is 5.46. The van der Waals surface area contributed by atoms with Gasteiger partial charge in [-0.3, -0.25) is 4.79 Å². The number of nitrogens with zero attached hydrogens (tertiary/aromatic N) is 1. The average Bonchev–Trinajstić information content (AvgIpc) is 2.77. The molecular weight excluding hydrogens is 359 g/mol. The number of anilines is 2. The molecule has 0 aliphatic heterocycles. The normalized spacial score (nSPS) is 11.4. The minimum atomic E-state index is -4.48. The molecule has 2 rings (SSSR count). The van der Waals surface area contributed by atoms with Gasteiger partial charge in [0.05, 0.1) is 11.3 Å². The predicted octanol–water partition coefficient (Wildman–Crippen LogP) is 3.76. The van der Waals surface area contributed by atoms with E-state index in [4.69, 9.17) is 5.73 Å². The van der Waals surface area contributed by atoms with E-state index < -0.39 is 17.6 Å². The Hall–Kier alpha value is -1.61. The van der Waals surface area contributed by atoms with Crippen LogP contribution in [0.3, 0.4) is 0 Å². The summed E-state index contributed by atoms with van der Waals surface area (Å²) in [6.45, 7) is 0. The maximum Gasteiger partial charge on any atom is 0.416 e. The molecular formula is C11H7BrF3N3OS. The van der Waals surface area contributed by atoms with Crippen LogP contribution in [0.2, 0.25) is 0 Å². The van der Waals surface area contributed by atoms with Crippen LogP contribution >= 0.6 is 27.3 Å². The van der Waals surface area contributed by atoms with Crippen LogP contribution in [-0.2, 0) is 6.18 Å². The lowest BCUT2D eigenvalue weighted by molar-refractivity contribution is -0.137. The number of halogens is 4. The minimum absolute atomic E-state index is 0.0106. The minimum Gasteiger partial charge on any atom is -0.375 e. The number of nitrogens with two attached hydrogens (primary N) is 1. The molecule has 0 aliphatic carbocycles. The quantitative estimate of drug-likeness (QED) is 0.851. The van der Waals surface area contributed by atoms with E-state index in [0.717, 1.165) is 23.5 Å². The third-order valence-corrected chi connectivity index (χ3v) is 3.66. The predicted molar refractivity (Wildman–Crippen MR) is 73.6 cm³/mol. The summed E-state index contributed by atoms with van der Waals surface area (Å²) in [5.74, 6) is -0.627. The highest BCUT2D eigenvalue weighted by Gasteiger charge is 2.31. The number of amides is 1. The average molecular weight is 366 g/mol. The second kappa shape index (κ2) is 5.41. The van der Waals surface area contributed by atoms with Crippen molar-refractivity contribution in [3.8, 4) is 0 Å². The molecule has 0 fully saturated rings. The van der Waals surface area contributed by atoms with E-state index in [0.29, 0.717) is 4.47 Å². The van der Waals surface area contributed by atoms with Gasteiger partial charge in [-0.1, -0.05) is 0 Å². The number of hydrogen-bond donors (Lipinski definition) is 2. The highest BCUT2D eigenvalue weighted by atomic mass is 79.9. The molecule has 9 heteroatoms. The largest absolute Gasteiger partial charge is 0.416 e. The van der Waals surface area contributed by atoms with Crippen molar-refractivity contribution in [2.75, 3.05) is 11.1 Å². The van der Waals surface area contributed by atoms with Crippen LogP contribution in [0.5, 0.6) is 0 Å². The number of carbonyl (C=O) groups is 1. The maximum atomic E-state index is 12.6. The number of nitrogens with one attached hydrogen (secondary N) is 1. The van der Waals surface area contributed by atoms with Crippen LogP contribution in [-0.4, -0.2) is 10.9 Å². The molecule has 0 saturated carbocycles. The zero-order chi connectivity index (χ0) is 14.9. The van der Waals surface area contributed by atoms with E-state index >= 15 is 0 Å². The molecule has 0 radical (unpaired) electrons. The molecule has 2 aromatic rings. The first-order chi connectivity index (χ1) is 9.27. The van der Waals surface area contributed by atoms with Gasteiger partial charge in [0.2, 0.25) is 0 Å². The van der Waals surface area contributed by atoms with Gasteiger partial charge in [0.25, 0.3) is 5.91 Å². The third kappa shape index (κ3) is 3.28. The van der Waals surface area contributed by atoms with Gasteiger partial charge in [-0.15, -0.1) is 11.3 Å². The number of aromatic nitrogens is 1. The summed E-state index contributed by atoms with van der Waals surface area (Å²) in [5.41, 5.74) is 4.60. The Balaban J connectivity index is 2.27. The molecule has 1 aromatic carbocycles. The summed E-state index contributed by atoms with van der Waals surface area (Å²) in [6, 6.07) is 2.98. The van der Waals surface area contributed by atoms with E-state index in [1.54, 1.807) is 0 Å². The lowest BCUT2D eigenvalue weighted by Gasteiger charge is -2.11. The van der Waals surface area contributed by atoms with Gasteiger partial charge in [0, 0.05) is 9.85 Å². The first-order valence-corrected chi connectivity index (χ1v) is 6.84. The fraction of sp³-hybridized carbons (Fsp3) is 0.0909. The van der Waals surface area contributed by atoms with Crippen molar-refractivity contribution < 1.29 is 18.0 Å².